The molecule has 0 aliphatic heterocycles. The molecule has 0 heterocycles. The van der Waals surface area contributed by atoms with E-state index in [-0.39, 0.29) is 5.91 Å². The van der Waals surface area contributed by atoms with Crippen LogP contribution in [0.3, 0.4) is 0 Å². The monoisotopic (exact) mass is 383 g/mol. The number of thioether (sulfide) groups is 1. The molecule has 0 aromatic heterocycles. The topological polar surface area (TPSA) is 29.1 Å². The molecular formula is C15H14INOS. The molecular weight excluding hydrogens is 369 g/mol. The first-order valence-electron chi connectivity index (χ1n) is 5.86. The number of halogens is 1. The highest BCUT2D eigenvalue weighted by molar-refractivity contribution is 14.1. The van der Waals surface area contributed by atoms with Crippen molar-refractivity contribution in [2.45, 2.75) is 11.4 Å². The molecule has 0 atom stereocenters. The average Bonchev–Trinajstić information content (AvgIpc) is 2.46. The summed E-state index contributed by atoms with van der Waals surface area (Å²) in [6, 6.07) is 15.8. The largest absolute Gasteiger partial charge is 0.348 e. The molecule has 0 aliphatic rings. The number of rotatable bonds is 4. The van der Waals surface area contributed by atoms with Gasteiger partial charge in [0.25, 0.3) is 5.91 Å². The van der Waals surface area contributed by atoms with E-state index >= 15 is 0 Å². The molecule has 2 aromatic carbocycles. The summed E-state index contributed by atoms with van der Waals surface area (Å²) < 4.78 is 0.968. The van der Waals surface area contributed by atoms with Gasteiger partial charge in [-0.2, -0.15) is 0 Å². The van der Waals surface area contributed by atoms with Gasteiger partial charge in [0, 0.05) is 15.0 Å². The van der Waals surface area contributed by atoms with Gasteiger partial charge in [0.05, 0.1) is 5.56 Å². The predicted molar refractivity (Wildman–Crippen MR) is 88.6 cm³/mol. The minimum absolute atomic E-state index is 0.0288. The van der Waals surface area contributed by atoms with Gasteiger partial charge in [0.1, 0.15) is 0 Å². The Morgan fingerprint density at radius 2 is 1.84 bits per heavy atom. The van der Waals surface area contributed by atoms with Crippen molar-refractivity contribution in [3.63, 3.8) is 0 Å². The first-order chi connectivity index (χ1) is 9.20. The lowest BCUT2D eigenvalue weighted by Crippen LogP contribution is -2.23. The Bertz CT molecular complexity index is 569. The van der Waals surface area contributed by atoms with Crippen LogP contribution in [0.1, 0.15) is 15.9 Å². The van der Waals surface area contributed by atoms with Crippen LogP contribution in [-0.4, -0.2) is 12.2 Å². The highest BCUT2D eigenvalue weighted by atomic mass is 127. The van der Waals surface area contributed by atoms with E-state index in [1.807, 2.05) is 42.7 Å². The van der Waals surface area contributed by atoms with E-state index in [0.29, 0.717) is 6.54 Å². The van der Waals surface area contributed by atoms with Gasteiger partial charge >= 0.3 is 0 Å². The van der Waals surface area contributed by atoms with Crippen LogP contribution in [0.2, 0.25) is 0 Å². The smallest absolute Gasteiger partial charge is 0.252 e. The molecule has 19 heavy (non-hydrogen) atoms. The van der Waals surface area contributed by atoms with E-state index < -0.39 is 0 Å². The van der Waals surface area contributed by atoms with E-state index in [0.717, 1.165) is 14.7 Å². The van der Waals surface area contributed by atoms with Crippen molar-refractivity contribution in [2.24, 2.45) is 0 Å². The Kier molecular flexibility index (Phi) is 5.27. The summed E-state index contributed by atoms with van der Waals surface area (Å²) >= 11 is 3.89. The molecule has 0 spiro atoms. The van der Waals surface area contributed by atoms with Gasteiger partial charge in [0.15, 0.2) is 0 Å². The molecule has 98 valence electrons. The molecule has 2 nitrogen and oxygen atoms in total. The first kappa shape index (κ1) is 14.4. The Morgan fingerprint density at radius 3 is 2.47 bits per heavy atom. The van der Waals surface area contributed by atoms with Gasteiger partial charge in [0.2, 0.25) is 0 Å². The third-order valence-corrected chi connectivity index (χ3v) is 4.41. The summed E-state index contributed by atoms with van der Waals surface area (Å²) in [5.74, 6) is -0.0288. The van der Waals surface area contributed by atoms with Crippen molar-refractivity contribution in [2.75, 3.05) is 6.26 Å². The lowest BCUT2D eigenvalue weighted by molar-refractivity contribution is 0.0950. The summed E-state index contributed by atoms with van der Waals surface area (Å²) in [5.41, 5.74) is 1.83. The molecule has 2 rings (SSSR count). The lowest BCUT2D eigenvalue weighted by atomic mass is 10.2. The molecule has 0 saturated carbocycles. The number of hydrogen-bond donors (Lipinski definition) is 1. The second-order valence-electron chi connectivity index (χ2n) is 4.01. The zero-order chi connectivity index (χ0) is 13.7. The second kappa shape index (κ2) is 6.96. The SMILES string of the molecule is CSc1ccc(CNC(=O)c2ccccc2I)cc1. The van der Waals surface area contributed by atoms with E-state index in [1.54, 1.807) is 11.8 Å². The highest BCUT2D eigenvalue weighted by Crippen LogP contribution is 2.15. The van der Waals surface area contributed by atoms with Crippen LogP contribution in [0.5, 0.6) is 0 Å². The fraction of sp³-hybridized carbons (Fsp3) is 0.133. The van der Waals surface area contributed by atoms with Gasteiger partial charge in [-0.05, 0) is 58.7 Å². The average molecular weight is 383 g/mol. The molecule has 0 radical (unpaired) electrons. The van der Waals surface area contributed by atoms with Crippen LogP contribution in [0.4, 0.5) is 0 Å². The van der Waals surface area contributed by atoms with Crippen molar-refractivity contribution < 1.29 is 4.79 Å². The zero-order valence-corrected chi connectivity index (χ0v) is 13.5. The molecule has 4 heteroatoms. The predicted octanol–water partition coefficient (Wildman–Crippen LogP) is 3.94. The molecule has 0 aliphatic carbocycles. The second-order valence-corrected chi connectivity index (χ2v) is 6.05. The maximum Gasteiger partial charge on any atom is 0.252 e. The lowest BCUT2D eigenvalue weighted by Gasteiger charge is -2.07. The number of benzene rings is 2. The van der Waals surface area contributed by atoms with E-state index in [1.165, 1.54) is 4.90 Å². The van der Waals surface area contributed by atoms with Crippen LogP contribution in [0, 0.1) is 3.57 Å². The summed E-state index contributed by atoms with van der Waals surface area (Å²) in [6.07, 6.45) is 2.05. The van der Waals surface area contributed by atoms with Crippen molar-refractivity contribution in [1.82, 2.24) is 5.32 Å². The minimum atomic E-state index is -0.0288. The van der Waals surface area contributed by atoms with Gasteiger partial charge in [-0.1, -0.05) is 24.3 Å². The maximum absolute atomic E-state index is 12.0. The Hall–Kier alpha value is -1.01. The fourth-order valence-electron chi connectivity index (χ4n) is 1.67. The van der Waals surface area contributed by atoms with Crippen LogP contribution in [0.15, 0.2) is 53.4 Å². The summed E-state index contributed by atoms with van der Waals surface area (Å²) in [7, 11) is 0. The van der Waals surface area contributed by atoms with Gasteiger partial charge < -0.3 is 5.32 Å². The number of carbonyl (C=O) groups is 1. The molecule has 0 unspecified atom stereocenters. The molecule has 1 amide bonds. The summed E-state index contributed by atoms with van der Waals surface area (Å²) in [4.78, 5) is 13.3. The number of nitrogens with one attached hydrogen (secondary N) is 1. The van der Waals surface area contributed by atoms with Crippen molar-refractivity contribution in [3.8, 4) is 0 Å². The maximum atomic E-state index is 12.0. The molecule has 0 saturated heterocycles. The number of hydrogen-bond acceptors (Lipinski definition) is 2. The molecule has 0 fully saturated rings. The van der Waals surface area contributed by atoms with Gasteiger partial charge in [-0.25, -0.2) is 0 Å². The van der Waals surface area contributed by atoms with E-state index in [2.05, 4.69) is 40.0 Å². The third-order valence-electron chi connectivity index (χ3n) is 2.73. The number of amides is 1. The Balaban J connectivity index is 1.98. The summed E-state index contributed by atoms with van der Waals surface area (Å²) in [6.45, 7) is 0.554. The standard InChI is InChI=1S/C15H14INOS/c1-19-12-8-6-11(7-9-12)10-17-15(18)13-4-2-3-5-14(13)16/h2-9H,10H2,1H3,(H,17,18). The van der Waals surface area contributed by atoms with E-state index in [4.69, 9.17) is 0 Å². The van der Waals surface area contributed by atoms with Crippen molar-refractivity contribution in [3.05, 3.63) is 63.2 Å². The molecule has 0 bridgehead atoms. The normalized spacial score (nSPS) is 10.2. The zero-order valence-electron chi connectivity index (χ0n) is 10.5. The van der Waals surface area contributed by atoms with Crippen LogP contribution >= 0.6 is 34.4 Å². The van der Waals surface area contributed by atoms with Crippen molar-refractivity contribution in [1.29, 1.82) is 0 Å². The molecule has 1 N–H and O–H groups in total. The summed E-state index contributed by atoms with van der Waals surface area (Å²) in [5, 5.41) is 2.94. The minimum Gasteiger partial charge on any atom is -0.348 e. The van der Waals surface area contributed by atoms with E-state index in [9.17, 15) is 4.79 Å². The van der Waals surface area contributed by atoms with Crippen LogP contribution < -0.4 is 5.32 Å². The van der Waals surface area contributed by atoms with Crippen LogP contribution in [0.25, 0.3) is 0 Å². The van der Waals surface area contributed by atoms with Crippen molar-refractivity contribution >= 4 is 40.3 Å². The highest BCUT2D eigenvalue weighted by Gasteiger charge is 2.08. The third kappa shape index (κ3) is 3.98. The fourth-order valence-corrected chi connectivity index (χ4v) is 2.71. The quantitative estimate of drug-likeness (QED) is 0.640. The van der Waals surface area contributed by atoms with Crippen LogP contribution in [-0.2, 0) is 6.54 Å². The van der Waals surface area contributed by atoms with Gasteiger partial charge in [-0.3, -0.25) is 4.79 Å². The van der Waals surface area contributed by atoms with Gasteiger partial charge in [-0.15, -0.1) is 11.8 Å². The Labute approximate surface area is 131 Å². The molecule has 2 aromatic rings. The first-order valence-corrected chi connectivity index (χ1v) is 8.16. The Morgan fingerprint density at radius 1 is 1.16 bits per heavy atom. The number of carbonyl (C=O) groups excluding carboxylic acids is 1.